The Balaban J connectivity index is 2.48. The van der Waals surface area contributed by atoms with Crippen molar-refractivity contribution in [3.05, 3.63) is 6.42 Å². The lowest BCUT2D eigenvalue weighted by molar-refractivity contribution is -0.231. The minimum atomic E-state index is -1.35. The second-order valence-corrected chi connectivity index (χ2v) is 2.42. The van der Waals surface area contributed by atoms with Crippen molar-refractivity contribution >= 4 is 0 Å². The monoisotopic (exact) mass is 163 g/mol. The van der Waals surface area contributed by atoms with Crippen molar-refractivity contribution in [1.82, 2.24) is 0 Å². The lowest BCUT2D eigenvalue weighted by Gasteiger charge is -2.41. The van der Waals surface area contributed by atoms with Gasteiger partial charge in [0, 0.05) is 0 Å². The Morgan fingerprint density at radius 1 is 1.18 bits per heavy atom. The molecule has 0 aliphatic carbocycles. The van der Waals surface area contributed by atoms with Gasteiger partial charge in [-0.2, -0.15) is 0 Å². The van der Waals surface area contributed by atoms with Gasteiger partial charge < -0.3 is 25.2 Å². The Hall–Kier alpha value is -0.200. The Labute approximate surface area is 63.8 Å². The maximum absolute atomic E-state index is 9.05. The number of hydrogen-bond acceptors (Lipinski definition) is 5. The average Bonchev–Trinajstić information content (AvgIpc) is 1.97. The van der Waals surface area contributed by atoms with Gasteiger partial charge in [-0.3, -0.25) is 6.42 Å². The fraction of sp³-hybridized carbons (Fsp3) is 0.833. The average molecular weight is 163 g/mol. The van der Waals surface area contributed by atoms with Crippen molar-refractivity contribution in [1.29, 1.82) is 0 Å². The van der Waals surface area contributed by atoms with Crippen LogP contribution in [0.4, 0.5) is 0 Å². The lowest BCUT2D eigenvalue weighted by Crippen LogP contribution is -2.49. The molecule has 1 aliphatic rings. The quantitative estimate of drug-likeness (QED) is 0.324. The van der Waals surface area contributed by atoms with E-state index in [2.05, 4.69) is 4.74 Å². The van der Waals surface area contributed by atoms with Crippen molar-refractivity contribution in [3.8, 4) is 0 Å². The highest BCUT2D eigenvalue weighted by molar-refractivity contribution is 4.94. The molecule has 0 saturated carbocycles. The van der Waals surface area contributed by atoms with Crippen molar-refractivity contribution in [2.24, 2.45) is 0 Å². The summed E-state index contributed by atoms with van der Waals surface area (Å²) < 4.78 is 4.63. The predicted octanol–water partition coefficient (Wildman–Crippen LogP) is -2.38. The van der Waals surface area contributed by atoms with Crippen LogP contribution in [0.5, 0.6) is 0 Å². The number of ether oxygens (including phenoxy) is 1. The highest BCUT2D eigenvalue weighted by Crippen LogP contribution is 2.17. The molecule has 0 aromatic carbocycles. The van der Waals surface area contributed by atoms with Crippen LogP contribution in [0.3, 0.4) is 0 Å². The first-order valence-electron chi connectivity index (χ1n) is 3.30. The minimum Gasteiger partial charge on any atom is -0.422 e. The molecule has 0 aromatic rings. The molecule has 0 bridgehead atoms. The van der Waals surface area contributed by atoms with Gasteiger partial charge in [-0.1, -0.05) is 0 Å². The molecule has 0 spiro atoms. The number of rotatable bonds is 1. The largest absolute Gasteiger partial charge is 0.422 e. The normalized spacial score (nSPS) is 45.8. The van der Waals surface area contributed by atoms with E-state index in [1.54, 1.807) is 0 Å². The van der Waals surface area contributed by atoms with Gasteiger partial charge in [-0.25, -0.2) is 0 Å². The molecular formula is C6H11O5-. The third kappa shape index (κ3) is 1.88. The van der Waals surface area contributed by atoms with Gasteiger partial charge in [0.1, 0.15) is 0 Å². The van der Waals surface area contributed by atoms with Gasteiger partial charge in [-0.15, -0.1) is 0 Å². The van der Waals surface area contributed by atoms with E-state index in [4.69, 9.17) is 20.4 Å². The lowest BCUT2D eigenvalue weighted by atomic mass is 10.0. The molecule has 1 fully saturated rings. The summed E-state index contributed by atoms with van der Waals surface area (Å²) in [6, 6.07) is 0. The van der Waals surface area contributed by atoms with E-state index in [9.17, 15) is 0 Å². The first kappa shape index (κ1) is 8.89. The number of aliphatic hydroxyl groups excluding tert-OH is 4. The van der Waals surface area contributed by atoms with Gasteiger partial charge in [-0.05, 0) is 12.2 Å². The summed E-state index contributed by atoms with van der Waals surface area (Å²) in [5.74, 6) is 0. The Morgan fingerprint density at radius 2 is 1.82 bits per heavy atom. The van der Waals surface area contributed by atoms with Crippen LogP contribution in [0.1, 0.15) is 0 Å². The molecule has 66 valence electrons. The van der Waals surface area contributed by atoms with Crippen molar-refractivity contribution in [2.75, 3.05) is 6.61 Å². The number of hydrogen-bond donors (Lipinski definition) is 4. The number of aliphatic hydroxyl groups is 4. The van der Waals surface area contributed by atoms with Crippen LogP contribution in [-0.4, -0.2) is 51.6 Å². The Morgan fingerprint density at radius 3 is 2.36 bits per heavy atom. The molecule has 1 saturated heterocycles. The summed E-state index contributed by atoms with van der Waals surface area (Å²) in [6.45, 7) is -0.387. The zero-order valence-corrected chi connectivity index (χ0v) is 5.79. The zero-order chi connectivity index (χ0) is 8.43. The predicted molar refractivity (Wildman–Crippen MR) is 34.3 cm³/mol. The smallest absolute Gasteiger partial charge is 0.153 e. The van der Waals surface area contributed by atoms with Gasteiger partial charge >= 0.3 is 0 Å². The van der Waals surface area contributed by atoms with Gasteiger partial charge in [0.15, 0.2) is 6.29 Å². The molecule has 4 atom stereocenters. The van der Waals surface area contributed by atoms with E-state index in [-0.39, 0.29) is 6.61 Å². The topological polar surface area (TPSA) is 90.2 Å². The van der Waals surface area contributed by atoms with E-state index in [0.717, 1.165) is 6.42 Å². The third-order valence-corrected chi connectivity index (χ3v) is 1.56. The molecule has 5 nitrogen and oxygen atoms in total. The minimum absolute atomic E-state index is 0.387. The van der Waals surface area contributed by atoms with Gasteiger partial charge in [0.25, 0.3) is 0 Å². The molecule has 0 amide bonds. The molecule has 5 heteroatoms. The summed E-state index contributed by atoms with van der Waals surface area (Å²) in [4.78, 5) is 0. The van der Waals surface area contributed by atoms with E-state index in [0.29, 0.717) is 0 Å². The van der Waals surface area contributed by atoms with E-state index < -0.39 is 24.6 Å². The van der Waals surface area contributed by atoms with Crippen molar-refractivity contribution in [2.45, 2.75) is 24.6 Å². The third-order valence-electron chi connectivity index (χ3n) is 1.56. The molecule has 1 aliphatic heterocycles. The van der Waals surface area contributed by atoms with Crippen LogP contribution in [0.25, 0.3) is 0 Å². The van der Waals surface area contributed by atoms with Crippen LogP contribution < -0.4 is 0 Å². The van der Waals surface area contributed by atoms with Crippen LogP contribution in [0.15, 0.2) is 0 Å². The first-order valence-corrected chi connectivity index (χ1v) is 3.30. The second kappa shape index (κ2) is 3.46. The summed E-state index contributed by atoms with van der Waals surface area (Å²) >= 11 is 0. The molecular weight excluding hydrogens is 152 g/mol. The molecule has 0 aromatic heterocycles. The van der Waals surface area contributed by atoms with E-state index >= 15 is 0 Å². The van der Waals surface area contributed by atoms with Crippen LogP contribution in [0, 0.1) is 6.42 Å². The summed E-state index contributed by atoms with van der Waals surface area (Å²) in [7, 11) is 0. The molecule has 1 heterocycles. The summed E-state index contributed by atoms with van der Waals surface area (Å²) in [5, 5.41) is 35.4. The highest BCUT2D eigenvalue weighted by atomic mass is 16.6. The first-order chi connectivity index (χ1) is 5.15. The second-order valence-electron chi connectivity index (χ2n) is 2.42. The fourth-order valence-electron chi connectivity index (χ4n) is 0.912. The highest BCUT2D eigenvalue weighted by Gasteiger charge is 2.26. The maximum atomic E-state index is 9.05. The van der Waals surface area contributed by atoms with Gasteiger partial charge in [0.05, 0.1) is 12.7 Å². The van der Waals surface area contributed by atoms with E-state index in [1.165, 1.54) is 0 Å². The van der Waals surface area contributed by atoms with E-state index in [1.807, 2.05) is 0 Å². The van der Waals surface area contributed by atoms with Crippen LogP contribution in [0.2, 0.25) is 0 Å². The van der Waals surface area contributed by atoms with Crippen molar-refractivity contribution < 1.29 is 25.2 Å². The molecule has 1 rings (SSSR count). The van der Waals surface area contributed by atoms with Crippen molar-refractivity contribution in [3.63, 3.8) is 0 Å². The zero-order valence-electron chi connectivity index (χ0n) is 5.79. The standard InChI is InChI=1S/C6H11O5/c7-2-5-3(8)1-4(9)6(10)11-5/h1,3-10H,2H2/q-1/t3-,4-,5-,6-/m1/s1. The molecule has 0 radical (unpaired) electrons. The SMILES string of the molecule is OC[C@H]1O[C@@H](O)[C@H](O)[CH-][C@H]1O. The maximum Gasteiger partial charge on any atom is 0.153 e. The summed E-state index contributed by atoms with van der Waals surface area (Å²) in [5.41, 5.74) is 0. The Bertz CT molecular complexity index is 128. The molecule has 4 N–H and O–H groups in total. The molecule has 11 heavy (non-hydrogen) atoms. The summed E-state index contributed by atoms with van der Waals surface area (Å²) in [6.07, 6.45) is -3.29. The van der Waals surface area contributed by atoms with Gasteiger partial charge in [0.2, 0.25) is 0 Å². The fourth-order valence-corrected chi connectivity index (χ4v) is 0.912. The molecule has 0 unspecified atom stereocenters. The van der Waals surface area contributed by atoms with Crippen LogP contribution in [-0.2, 0) is 4.74 Å². The Kier molecular flexibility index (Phi) is 2.80. The van der Waals surface area contributed by atoms with Crippen LogP contribution >= 0.6 is 0 Å².